The standard InChI is InChI=1S/C25H29N3O5S/c1-5-12-32-19-9-6-17(7-10-19)20-15-34-25(27-20)28-24(30)18-8-11-21(22(13-18)31-4)33-14-23(29)26-16(2)3/h6-11,13,15-16H,5,12,14H2,1-4H3,(H,26,29)(H,27,28,30). The molecule has 0 bridgehead atoms. The first-order valence-corrected chi connectivity index (χ1v) is 11.9. The summed E-state index contributed by atoms with van der Waals surface area (Å²) in [6.07, 6.45) is 0.952. The third kappa shape index (κ3) is 6.95. The zero-order valence-corrected chi connectivity index (χ0v) is 20.5. The molecule has 3 rings (SSSR count). The molecular weight excluding hydrogens is 454 g/mol. The SMILES string of the molecule is CCCOc1ccc(-c2csc(NC(=O)c3ccc(OCC(=O)NC(C)C)c(OC)c3)n2)cc1. The van der Waals surface area contributed by atoms with Crippen LogP contribution in [-0.4, -0.2) is 43.2 Å². The zero-order valence-electron chi connectivity index (χ0n) is 19.7. The van der Waals surface area contributed by atoms with Crippen molar-refractivity contribution < 1.29 is 23.8 Å². The zero-order chi connectivity index (χ0) is 24.5. The van der Waals surface area contributed by atoms with Gasteiger partial charge in [0, 0.05) is 22.5 Å². The van der Waals surface area contributed by atoms with E-state index in [2.05, 4.69) is 22.5 Å². The normalized spacial score (nSPS) is 10.6. The van der Waals surface area contributed by atoms with Crippen LogP contribution in [0.4, 0.5) is 5.13 Å². The number of benzene rings is 2. The summed E-state index contributed by atoms with van der Waals surface area (Å²) in [6, 6.07) is 12.5. The number of anilines is 1. The van der Waals surface area contributed by atoms with Gasteiger partial charge in [-0.2, -0.15) is 0 Å². The maximum absolute atomic E-state index is 12.8. The van der Waals surface area contributed by atoms with E-state index in [1.165, 1.54) is 18.4 Å². The van der Waals surface area contributed by atoms with Crippen molar-refractivity contribution in [3.05, 3.63) is 53.4 Å². The van der Waals surface area contributed by atoms with Crippen molar-refractivity contribution >= 4 is 28.3 Å². The highest BCUT2D eigenvalue weighted by Crippen LogP contribution is 2.30. The fourth-order valence-corrected chi connectivity index (χ4v) is 3.72. The van der Waals surface area contributed by atoms with Crippen LogP contribution in [-0.2, 0) is 4.79 Å². The largest absolute Gasteiger partial charge is 0.494 e. The molecule has 0 spiro atoms. The van der Waals surface area contributed by atoms with Crippen molar-refractivity contribution in [3.63, 3.8) is 0 Å². The van der Waals surface area contributed by atoms with Crippen molar-refractivity contribution in [2.75, 3.05) is 25.6 Å². The molecule has 2 N–H and O–H groups in total. The number of hydrogen-bond donors (Lipinski definition) is 2. The number of hydrogen-bond acceptors (Lipinski definition) is 7. The van der Waals surface area contributed by atoms with E-state index < -0.39 is 0 Å². The summed E-state index contributed by atoms with van der Waals surface area (Å²) in [5.41, 5.74) is 2.08. The average molecular weight is 484 g/mol. The molecule has 2 aromatic carbocycles. The average Bonchev–Trinajstić information content (AvgIpc) is 3.29. The highest BCUT2D eigenvalue weighted by atomic mass is 32.1. The number of aromatic nitrogens is 1. The number of carbonyl (C=O) groups is 2. The second-order valence-corrected chi connectivity index (χ2v) is 8.60. The third-order valence-corrected chi connectivity index (χ3v) is 5.34. The topological polar surface area (TPSA) is 98.8 Å². The summed E-state index contributed by atoms with van der Waals surface area (Å²) >= 11 is 1.34. The lowest BCUT2D eigenvalue weighted by atomic mass is 10.2. The Morgan fingerprint density at radius 2 is 1.82 bits per heavy atom. The van der Waals surface area contributed by atoms with Crippen molar-refractivity contribution in [2.45, 2.75) is 33.2 Å². The molecule has 0 atom stereocenters. The lowest BCUT2D eigenvalue weighted by Gasteiger charge is -2.13. The van der Waals surface area contributed by atoms with Crippen molar-refractivity contribution in [1.29, 1.82) is 0 Å². The number of rotatable bonds is 11. The first kappa shape index (κ1) is 25.0. The van der Waals surface area contributed by atoms with E-state index >= 15 is 0 Å². The van der Waals surface area contributed by atoms with Gasteiger partial charge in [-0.3, -0.25) is 14.9 Å². The third-order valence-electron chi connectivity index (χ3n) is 4.58. The van der Waals surface area contributed by atoms with Crippen molar-refractivity contribution in [1.82, 2.24) is 10.3 Å². The van der Waals surface area contributed by atoms with E-state index in [0.717, 1.165) is 23.4 Å². The van der Waals surface area contributed by atoms with Gasteiger partial charge in [0.05, 0.1) is 19.4 Å². The Hall–Kier alpha value is -3.59. The molecule has 3 aromatic rings. The first-order chi connectivity index (χ1) is 16.4. The lowest BCUT2D eigenvalue weighted by Crippen LogP contribution is -2.34. The van der Waals surface area contributed by atoms with Gasteiger partial charge in [0.2, 0.25) is 0 Å². The summed E-state index contributed by atoms with van der Waals surface area (Å²) in [6.45, 7) is 6.34. The molecule has 0 saturated heterocycles. The molecular formula is C25H29N3O5S. The molecule has 1 aromatic heterocycles. The molecule has 0 radical (unpaired) electrons. The maximum atomic E-state index is 12.8. The van der Waals surface area contributed by atoms with E-state index in [1.807, 2.05) is 43.5 Å². The molecule has 0 aliphatic heterocycles. The summed E-state index contributed by atoms with van der Waals surface area (Å²) < 4.78 is 16.5. The number of thiazole rings is 1. The Balaban J connectivity index is 1.63. The van der Waals surface area contributed by atoms with Gasteiger partial charge in [0.25, 0.3) is 11.8 Å². The minimum absolute atomic E-state index is 0.0228. The number of nitrogens with zero attached hydrogens (tertiary/aromatic N) is 1. The number of nitrogens with one attached hydrogen (secondary N) is 2. The molecule has 0 unspecified atom stereocenters. The van der Waals surface area contributed by atoms with Crippen LogP contribution in [0.5, 0.6) is 17.2 Å². The van der Waals surface area contributed by atoms with E-state index in [4.69, 9.17) is 14.2 Å². The monoisotopic (exact) mass is 483 g/mol. The van der Waals surface area contributed by atoms with Crippen LogP contribution in [0.1, 0.15) is 37.6 Å². The minimum atomic E-state index is -0.327. The summed E-state index contributed by atoms with van der Waals surface area (Å²) in [7, 11) is 1.48. The molecule has 0 aliphatic rings. The van der Waals surface area contributed by atoms with E-state index in [9.17, 15) is 9.59 Å². The van der Waals surface area contributed by atoms with Crippen LogP contribution >= 0.6 is 11.3 Å². The summed E-state index contributed by atoms with van der Waals surface area (Å²) in [5, 5.41) is 7.93. The quantitative estimate of drug-likeness (QED) is 0.408. The van der Waals surface area contributed by atoms with E-state index in [0.29, 0.717) is 28.8 Å². The molecule has 180 valence electrons. The highest BCUT2D eigenvalue weighted by Gasteiger charge is 2.15. The smallest absolute Gasteiger partial charge is 0.258 e. The number of carbonyl (C=O) groups excluding carboxylic acids is 2. The Morgan fingerprint density at radius 1 is 1.06 bits per heavy atom. The second-order valence-electron chi connectivity index (χ2n) is 7.74. The predicted octanol–water partition coefficient (Wildman–Crippen LogP) is 4.76. The van der Waals surface area contributed by atoms with Gasteiger partial charge in [-0.15, -0.1) is 11.3 Å². The number of amides is 2. The Labute approximate surface area is 203 Å². The fraction of sp³-hybridized carbons (Fsp3) is 0.320. The van der Waals surface area contributed by atoms with Gasteiger partial charge in [-0.05, 0) is 62.7 Å². The predicted molar refractivity (Wildman–Crippen MR) is 133 cm³/mol. The lowest BCUT2D eigenvalue weighted by molar-refractivity contribution is -0.123. The van der Waals surface area contributed by atoms with Gasteiger partial charge < -0.3 is 19.5 Å². The molecule has 34 heavy (non-hydrogen) atoms. The van der Waals surface area contributed by atoms with Crippen LogP contribution in [0.15, 0.2) is 47.8 Å². The molecule has 1 heterocycles. The van der Waals surface area contributed by atoms with Crippen LogP contribution in [0.2, 0.25) is 0 Å². The summed E-state index contributed by atoms with van der Waals surface area (Å²) in [4.78, 5) is 29.1. The van der Waals surface area contributed by atoms with Crippen LogP contribution in [0.25, 0.3) is 11.3 Å². The summed E-state index contributed by atoms with van der Waals surface area (Å²) in [5.74, 6) is 0.987. The molecule has 0 aliphatic carbocycles. The van der Waals surface area contributed by atoms with Gasteiger partial charge in [0.1, 0.15) is 5.75 Å². The van der Waals surface area contributed by atoms with Crippen molar-refractivity contribution in [3.8, 4) is 28.5 Å². The van der Waals surface area contributed by atoms with Gasteiger partial charge in [0.15, 0.2) is 23.2 Å². The Morgan fingerprint density at radius 3 is 2.50 bits per heavy atom. The molecule has 0 saturated carbocycles. The maximum Gasteiger partial charge on any atom is 0.258 e. The Bertz CT molecular complexity index is 1110. The molecule has 8 nitrogen and oxygen atoms in total. The Kier molecular flexibility index (Phi) is 8.86. The fourth-order valence-electron chi connectivity index (χ4n) is 3.01. The second kappa shape index (κ2) is 12.0. The molecule has 2 amide bonds. The van der Waals surface area contributed by atoms with Crippen LogP contribution < -0.4 is 24.8 Å². The molecule has 9 heteroatoms. The number of ether oxygens (including phenoxy) is 3. The number of methoxy groups -OCH3 is 1. The minimum Gasteiger partial charge on any atom is -0.494 e. The van der Waals surface area contributed by atoms with Gasteiger partial charge >= 0.3 is 0 Å². The first-order valence-electron chi connectivity index (χ1n) is 11.0. The van der Waals surface area contributed by atoms with Crippen LogP contribution in [0.3, 0.4) is 0 Å². The van der Waals surface area contributed by atoms with Gasteiger partial charge in [-0.25, -0.2) is 4.98 Å². The molecule has 0 fully saturated rings. The van der Waals surface area contributed by atoms with Gasteiger partial charge in [-0.1, -0.05) is 6.92 Å². The van der Waals surface area contributed by atoms with Crippen molar-refractivity contribution in [2.24, 2.45) is 0 Å². The van der Waals surface area contributed by atoms with Crippen LogP contribution in [0, 0.1) is 0 Å². The van der Waals surface area contributed by atoms with E-state index in [-0.39, 0.29) is 24.5 Å². The van der Waals surface area contributed by atoms with E-state index in [1.54, 1.807) is 18.2 Å². The highest BCUT2D eigenvalue weighted by molar-refractivity contribution is 7.14.